The molecule has 0 radical (unpaired) electrons. The molecule has 0 bridgehead atoms. The minimum atomic E-state index is 0.0918. The molecule has 3 rings (SSSR count). The molecule has 0 aromatic carbocycles. The van der Waals surface area contributed by atoms with Crippen LogP contribution in [0.3, 0.4) is 0 Å². The number of carbonyl (C=O) groups excluding carboxylic acids is 1. The first kappa shape index (κ1) is 13.9. The minimum Gasteiger partial charge on any atom is -0.338 e. The standard InChI is InChI=1S/C15H21N5O/c1-11-7-16-18-14(11)6-12-4-3-5-20(9-12)15(21)13-8-17-19(2)10-13/h7-8,10,12H,3-6,9H2,1-2H3,(H,16,18)/t12-/m1/s1. The summed E-state index contributed by atoms with van der Waals surface area (Å²) in [5.41, 5.74) is 3.07. The molecule has 0 saturated carbocycles. The minimum absolute atomic E-state index is 0.0918. The van der Waals surface area contributed by atoms with Gasteiger partial charge in [-0.3, -0.25) is 14.6 Å². The largest absolute Gasteiger partial charge is 0.338 e. The fourth-order valence-electron chi connectivity index (χ4n) is 3.00. The lowest BCUT2D eigenvalue weighted by atomic mass is 9.92. The summed E-state index contributed by atoms with van der Waals surface area (Å²) in [6, 6.07) is 0. The van der Waals surface area contributed by atoms with Crippen molar-refractivity contribution in [1.82, 2.24) is 24.9 Å². The molecular formula is C15H21N5O. The fraction of sp³-hybridized carbons (Fsp3) is 0.533. The topological polar surface area (TPSA) is 66.8 Å². The first-order chi connectivity index (χ1) is 10.1. The number of aromatic amines is 1. The highest BCUT2D eigenvalue weighted by Gasteiger charge is 2.25. The highest BCUT2D eigenvalue weighted by molar-refractivity contribution is 5.93. The molecule has 1 aliphatic rings. The molecule has 0 aliphatic carbocycles. The van der Waals surface area contributed by atoms with Crippen molar-refractivity contribution < 1.29 is 4.79 Å². The van der Waals surface area contributed by atoms with Crippen molar-refractivity contribution in [2.45, 2.75) is 26.2 Å². The molecule has 6 heteroatoms. The van der Waals surface area contributed by atoms with Gasteiger partial charge in [0, 0.05) is 32.0 Å². The summed E-state index contributed by atoms with van der Waals surface area (Å²) in [7, 11) is 1.83. The number of piperidine rings is 1. The highest BCUT2D eigenvalue weighted by Crippen LogP contribution is 2.22. The molecular weight excluding hydrogens is 266 g/mol. The molecule has 1 atom stereocenters. The number of rotatable bonds is 3. The normalized spacial score (nSPS) is 19.0. The maximum atomic E-state index is 12.5. The number of amides is 1. The van der Waals surface area contributed by atoms with Crippen molar-refractivity contribution >= 4 is 5.91 Å². The van der Waals surface area contributed by atoms with Crippen molar-refractivity contribution in [3.05, 3.63) is 35.4 Å². The second kappa shape index (κ2) is 5.71. The van der Waals surface area contributed by atoms with Crippen LogP contribution in [0.25, 0.3) is 0 Å². The van der Waals surface area contributed by atoms with Crippen LogP contribution in [0.15, 0.2) is 18.6 Å². The van der Waals surface area contributed by atoms with Gasteiger partial charge in [0.2, 0.25) is 0 Å². The van der Waals surface area contributed by atoms with E-state index in [9.17, 15) is 4.79 Å². The summed E-state index contributed by atoms with van der Waals surface area (Å²) in [5.74, 6) is 0.590. The van der Waals surface area contributed by atoms with Gasteiger partial charge >= 0.3 is 0 Å². The number of nitrogens with one attached hydrogen (secondary N) is 1. The van der Waals surface area contributed by atoms with Crippen LogP contribution in [-0.2, 0) is 13.5 Å². The Bertz CT molecular complexity index is 630. The van der Waals surface area contributed by atoms with Crippen LogP contribution < -0.4 is 0 Å². The molecule has 1 aliphatic heterocycles. The molecule has 0 spiro atoms. The molecule has 1 N–H and O–H groups in total. The Hall–Kier alpha value is -2.11. The lowest BCUT2D eigenvalue weighted by Crippen LogP contribution is -2.40. The van der Waals surface area contributed by atoms with Crippen LogP contribution in [0, 0.1) is 12.8 Å². The van der Waals surface area contributed by atoms with E-state index >= 15 is 0 Å². The molecule has 21 heavy (non-hydrogen) atoms. The Labute approximate surface area is 124 Å². The van der Waals surface area contributed by atoms with Crippen LogP contribution in [0.2, 0.25) is 0 Å². The van der Waals surface area contributed by atoms with Crippen LogP contribution in [0.5, 0.6) is 0 Å². The van der Waals surface area contributed by atoms with Gasteiger partial charge in [-0.2, -0.15) is 10.2 Å². The second-order valence-corrected chi connectivity index (χ2v) is 5.90. The van der Waals surface area contributed by atoms with Crippen LogP contribution in [0.1, 0.15) is 34.5 Å². The fourth-order valence-corrected chi connectivity index (χ4v) is 3.00. The van der Waals surface area contributed by atoms with Gasteiger partial charge < -0.3 is 4.90 Å². The summed E-state index contributed by atoms with van der Waals surface area (Å²) in [5, 5.41) is 11.2. The number of hydrogen-bond donors (Lipinski definition) is 1. The van der Waals surface area contributed by atoms with E-state index in [2.05, 4.69) is 22.2 Å². The third-order valence-corrected chi connectivity index (χ3v) is 4.18. The Morgan fingerprint density at radius 3 is 3.00 bits per heavy atom. The van der Waals surface area contributed by atoms with Crippen LogP contribution >= 0.6 is 0 Å². The number of aromatic nitrogens is 4. The maximum Gasteiger partial charge on any atom is 0.257 e. The second-order valence-electron chi connectivity index (χ2n) is 5.90. The Morgan fingerprint density at radius 1 is 1.48 bits per heavy atom. The number of hydrogen-bond acceptors (Lipinski definition) is 3. The molecule has 1 fully saturated rings. The lowest BCUT2D eigenvalue weighted by Gasteiger charge is -2.32. The number of nitrogens with zero attached hydrogens (tertiary/aromatic N) is 4. The zero-order valence-corrected chi connectivity index (χ0v) is 12.5. The third kappa shape index (κ3) is 2.99. The quantitative estimate of drug-likeness (QED) is 0.931. The van der Waals surface area contributed by atoms with E-state index in [4.69, 9.17) is 0 Å². The average molecular weight is 287 g/mol. The summed E-state index contributed by atoms with van der Waals surface area (Å²) < 4.78 is 1.67. The molecule has 2 aromatic rings. The van der Waals surface area contributed by atoms with E-state index in [1.165, 1.54) is 11.3 Å². The number of carbonyl (C=O) groups is 1. The van der Waals surface area contributed by atoms with E-state index < -0.39 is 0 Å². The number of aryl methyl sites for hydroxylation is 2. The summed E-state index contributed by atoms with van der Waals surface area (Å²) in [4.78, 5) is 14.4. The van der Waals surface area contributed by atoms with Gasteiger partial charge in [-0.05, 0) is 37.7 Å². The Kier molecular flexibility index (Phi) is 3.77. The predicted molar refractivity (Wildman–Crippen MR) is 78.9 cm³/mol. The van der Waals surface area contributed by atoms with Gasteiger partial charge in [0.05, 0.1) is 18.0 Å². The van der Waals surface area contributed by atoms with Gasteiger partial charge in [-0.1, -0.05) is 0 Å². The molecule has 2 aromatic heterocycles. The van der Waals surface area contributed by atoms with Crippen molar-refractivity contribution in [2.24, 2.45) is 13.0 Å². The van der Waals surface area contributed by atoms with Crippen molar-refractivity contribution in [1.29, 1.82) is 0 Å². The van der Waals surface area contributed by atoms with Gasteiger partial charge in [0.25, 0.3) is 5.91 Å². The van der Waals surface area contributed by atoms with Crippen molar-refractivity contribution in [2.75, 3.05) is 13.1 Å². The van der Waals surface area contributed by atoms with E-state index in [0.29, 0.717) is 11.5 Å². The average Bonchev–Trinajstić information content (AvgIpc) is 3.08. The van der Waals surface area contributed by atoms with Crippen LogP contribution in [-0.4, -0.2) is 43.9 Å². The number of likely N-dealkylation sites (tertiary alicyclic amines) is 1. The van der Waals surface area contributed by atoms with Crippen LogP contribution in [0.4, 0.5) is 0 Å². The third-order valence-electron chi connectivity index (χ3n) is 4.18. The van der Waals surface area contributed by atoms with Crippen molar-refractivity contribution in [3.63, 3.8) is 0 Å². The molecule has 1 saturated heterocycles. The van der Waals surface area contributed by atoms with Gasteiger partial charge in [-0.15, -0.1) is 0 Å². The van der Waals surface area contributed by atoms with Gasteiger partial charge in [-0.25, -0.2) is 0 Å². The monoisotopic (exact) mass is 287 g/mol. The Morgan fingerprint density at radius 2 is 2.33 bits per heavy atom. The molecule has 3 heterocycles. The summed E-state index contributed by atoms with van der Waals surface area (Å²) in [6.07, 6.45) is 8.47. The zero-order chi connectivity index (χ0) is 14.8. The molecule has 112 valence electrons. The molecule has 6 nitrogen and oxygen atoms in total. The summed E-state index contributed by atoms with van der Waals surface area (Å²) in [6.45, 7) is 3.72. The highest BCUT2D eigenvalue weighted by atomic mass is 16.2. The lowest BCUT2D eigenvalue weighted by molar-refractivity contribution is 0.0672. The van der Waals surface area contributed by atoms with E-state index in [1.807, 2.05) is 18.1 Å². The van der Waals surface area contributed by atoms with E-state index in [-0.39, 0.29) is 5.91 Å². The molecule has 1 amide bonds. The molecule has 0 unspecified atom stereocenters. The SMILES string of the molecule is Cc1cn[nH]c1C[C@H]1CCCN(C(=O)c2cnn(C)c2)C1. The van der Waals surface area contributed by atoms with Gasteiger partial charge in [0.15, 0.2) is 0 Å². The maximum absolute atomic E-state index is 12.5. The van der Waals surface area contributed by atoms with Crippen molar-refractivity contribution in [3.8, 4) is 0 Å². The first-order valence-corrected chi connectivity index (χ1v) is 7.40. The van der Waals surface area contributed by atoms with Gasteiger partial charge in [0.1, 0.15) is 0 Å². The predicted octanol–water partition coefficient (Wildman–Crippen LogP) is 1.55. The zero-order valence-electron chi connectivity index (χ0n) is 12.5. The summed E-state index contributed by atoms with van der Waals surface area (Å²) >= 11 is 0. The Balaban J connectivity index is 1.65. The smallest absolute Gasteiger partial charge is 0.257 e. The number of H-pyrrole nitrogens is 1. The van der Waals surface area contributed by atoms with E-state index in [1.54, 1.807) is 17.1 Å². The van der Waals surface area contributed by atoms with E-state index in [0.717, 1.165) is 32.4 Å². The first-order valence-electron chi connectivity index (χ1n) is 7.40.